The first-order valence-corrected chi connectivity index (χ1v) is 8.96. The average molecular weight is 462 g/mol. The SMILES string of the molecule is CCC(C)(OC(=O)c1cc(Oc2ccc(C(F)(F)F)cc2Cl)ccc1[N+](=O)[O-])C(=O)O. The van der Waals surface area contributed by atoms with Gasteiger partial charge in [-0.1, -0.05) is 18.5 Å². The largest absolute Gasteiger partial charge is 0.478 e. The minimum atomic E-state index is -4.62. The zero-order valence-corrected chi connectivity index (χ0v) is 16.8. The first-order valence-electron chi connectivity index (χ1n) is 8.58. The van der Waals surface area contributed by atoms with Gasteiger partial charge in [0.25, 0.3) is 5.69 Å². The van der Waals surface area contributed by atoms with Gasteiger partial charge in [0, 0.05) is 12.1 Å². The second-order valence-electron chi connectivity index (χ2n) is 6.46. The molecule has 8 nitrogen and oxygen atoms in total. The number of carbonyl (C=O) groups excluding carboxylic acids is 1. The van der Waals surface area contributed by atoms with Crippen LogP contribution in [0.25, 0.3) is 0 Å². The van der Waals surface area contributed by atoms with Crippen molar-refractivity contribution >= 4 is 29.2 Å². The summed E-state index contributed by atoms with van der Waals surface area (Å²) in [6.07, 6.45) is -4.73. The van der Waals surface area contributed by atoms with E-state index in [9.17, 15) is 38.0 Å². The minimum absolute atomic E-state index is 0.112. The summed E-state index contributed by atoms with van der Waals surface area (Å²) in [5, 5.41) is 20.1. The van der Waals surface area contributed by atoms with E-state index >= 15 is 0 Å². The maximum absolute atomic E-state index is 12.8. The molecule has 0 bridgehead atoms. The zero-order chi connectivity index (χ0) is 23.6. The number of benzene rings is 2. The lowest BCUT2D eigenvalue weighted by atomic mass is 10.0. The van der Waals surface area contributed by atoms with Crippen LogP contribution in [0, 0.1) is 10.1 Å². The number of rotatable bonds is 7. The highest BCUT2D eigenvalue weighted by atomic mass is 35.5. The molecule has 1 unspecified atom stereocenters. The van der Waals surface area contributed by atoms with Gasteiger partial charge >= 0.3 is 18.1 Å². The molecule has 0 fully saturated rings. The Morgan fingerprint density at radius 1 is 1.19 bits per heavy atom. The molecule has 2 rings (SSSR count). The highest BCUT2D eigenvalue weighted by molar-refractivity contribution is 6.32. The second kappa shape index (κ2) is 8.80. The van der Waals surface area contributed by atoms with Crippen LogP contribution in [0.3, 0.4) is 0 Å². The molecule has 1 N–H and O–H groups in total. The fourth-order valence-corrected chi connectivity index (χ4v) is 2.53. The van der Waals surface area contributed by atoms with Crippen molar-refractivity contribution in [2.24, 2.45) is 0 Å². The molecule has 12 heteroatoms. The van der Waals surface area contributed by atoms with Crippen molar-refractivity contribution in [2.45, 2.75) is 32.0 Å². The number of carboxylic acids is 1. The van der Waals surface area contributed by atoms with Gasteiger partial charge in [-0.2, -0.15) is 13.2 Å². The fourth-order valence-electron chi connectivity index (χ4n) is 2.31. The molecule has 31 heavy (non-hydrogen) atoms. The van der Waals surface area contributed by atoms with Gasteiger partial charge in [-0.15, -0.1) is 0 Å². The first-order chi connectivity index (χ1) is 14.3. The Morgan fingerprint density at radius 3 is 2.32 bits per heavy atom. The number of halogens is 4. The predicted octanol–water partition coefficient (Wildman–Crippen LogP) is 5.47. The Kier molecular flexibility index (Phi) is 6.80. The summed E-state index contributed by atoms with van der Waals surface area (Å²) in [7, 11) is 0. The van der Waals surface area contributed by atoms with Crippen LogP contribution in [0.4, 0.5) is 18.9 Å². The molecule has 0 saturated carbocycles. The zero-order valence-electron chi connectivity index (χ0n) is 16.0. The van der Waals surface area contributed by atoms with Crippen molar-refractivity contribution in [2.75, 3.05) is 0 Å². The lowest BCUT2D eigenvalue weighted by Gasteiger charge is -2.23. The smallest absolute Gasteiger partial charge is 0.416 e. The van der Waals surface area contributed by atoms with Gasteiger partial charge in [0.2, 0.25) is 5.60 Å². The number of nitro groups is 1. The van der Waals surface area contributed by atoms with E-state index in [4.69, 9.17) is 21.1 Å². The van der Waals surface area contributed by atoms with Gasteiger partial charge in [-0.25, -0.2) is 9.59 Å². The average Bonchev–Trinajstić information content (AvgIpc) is 2.68. The fraction of sp³-hybridized carbons (Fsp3) is 0.263. The van der Waals surface area contributed by atoms with Crippen molar-refractivity contribution in [1.82, 2.24) is 0 Å². The van der Waals surface area contributed by atoms with E-state index in [1.807, 2.05) is 0 Å². The quantitative estimate of drug-likeness (QED) is 0.330. The van der Waals surface area contributed by atoms with Gasteiger partial charge in [0.15, 0.2) is 0 Å². The number of alkyl halides is 3. The molecule has 0 radical (unpaired) electrons. The number of carbonyl (C=O) groups is 2. The monoisotopic (exact) mass is 461 g/mol. The number of hydrogen-bond acceptors (Lipinski definition) is 6. The third-order valence-corrected chi connectivity index (χ3v) is 4.61. The standard InChI is InChI=1S/C19H15ClF3NO7/c1-3-18(2,17(26)27)31-16(25)12-9-11(5-6-14(12)24(28)29)30-15-7-4-10(8-13(15)20)19(21,22)23/h4-9H,3H2,1-2H3,(H,26,27). The molecule has 0 saturated heterocycles. The molecule has 166 valence electrons. The number of carboxylic acid groups (broad SMARTS) is 1. The molecule has 0 aliphatic rings. The van der Waals surface area contributed by atoms with Crippen LogP contribution >= 0.6 is 11.6 Å². The number of aliphatic carboxylic acids is 1. The van der Waals surface area contributed by atoms with Crippen molar-refractivity contribution in [3.8, 4) is 11.5 Å². The van der Waals surface area contributed by atoms with Gasteiger partial charge in [-0.3, -0.25) is 10.1 Å². The molecule has 0 aromatic heterocycles. The van der Waals surface area contributed by atoms with Crippen molar-refractivity contribution in [3.63, 3.8) is 0 Å². The Balaban J connectivity index is 2.41. The second-order valence-corrected chi connectivity index (χ2v) is 6.87. The normalized spacial score (nSPS) is 13.2. The number of nitrogens with zero attached hydrogens (tertiary/aromatic N) is 1. The van der Waals surface area contributed by atoms with E-state index in [1.54, 1.807) is 0 Å². The first kappa shape index (κ1) is 23.9. The summed E-state index contributed by atoms with van der Waals surface area (Å²) < 4.78 is 48.6. The summed E-state index contributed by atoms with van der Waals surface area (Å²) in [4.78, 5) is 34.2. The number of nitro benzene ring substituents is 1. The summed E-state index contributed by atoms with van der Waals surface area (Å²) in [6.45, 7) is 2.57. The highest BCUT2D eigenvalue weighted by Gasteiger charge is 2.37. The lowest BCUT2D eigenvalue weighted by Crippen LogP contribution is -2.39. The molecular formula is C19H15ClF3NO7. The summed E-state index contributed by atoms with van der Waals surface area (Å²) in [5.41, 5.74) is -4.23. The van der Waals surface area contributed by atoms with Crippen LogP contribution in [-0.4, -0.2) is 27.6 Å². The number of hydrogen-bond donors (Lipinski definition) is 1. The van der Waals surface area contributed by atoms with Crippen molar-refractivity contribution in [3.05, 3.63) is 62.7 Å². The van der Waals surface area contributed by atoms with Crippen LogP contribution in [0.2, 0.25) is 5.02 Å². The summed E-state index contributed by atoms with van der Waals surface area (Å²) in [5.74, 6) is -3.11. The molecule has 0 spiro atoms. The Morgan fingerprint density at radius 2 is 1.84 bits per heavy atom. The predicted molar refractivity (Wildman–Crippen MR) is 101 cm³/mol. The van der Waals surface area contributed by atoms with Crippen molar-refractivity contribution in [1.29, 1.82) is 0 Å². The van der Waals surface area contributed by atoms with Gasteiger partial charge in [0.1, 0.15) is 17.1 Å². The Bertz CT molecular complexity index is 1040. The van der Waals surface area contributed by atoms with E-state index in [1.165, 1.54) is 6.92 Å². The van der Waals surface area contributed by atoms with E-state index < -0.39 is 45.5 Å². The van der Waals surface area contributed by atoms with Crippen LogP contribution in [0.15, 0.2) is 36.4 Å². The Labute approximate surface area is 178 Å². The van der Waals surface area contributed by atoms with E-state index in [-0.39, 0.29) is 22.9 Å². The third-order valence-electron chi connectivity index (χ3n) is 4.32. The maximum atomic E-state index is 12.8. The number of esters is 1. The minimum Gasteiger partial charge on any atom is -0.478 e. The van der Waals surface area contributed by atoms with Crippen LogP contribution in [0.5, 0.6) is 11.5 Å². The van der Waals surface area contributed by atoms with Gasteiger partial charge in [-0.05, 0) is 37.6 Å². The lowest BCUT2D eigenvalue weighted by molar-refractivity contribution is -0.385. The van der Waals surface area contributed by atoms with E-state index in [0.29, 0.717) is 6.07 Å². The highest BCUT2D eigenvalue weighted by Crippen LogP contribution is 2.37. The van der Waals surface area contributed by atoms with Crippen molar-refractivity contribution < 1.29 is 42.3 Å². The van der Waals surface area contributed by atoms with E-state index in [0.717, 1.165) is 37.3 Å². The molecule has 0 amide bonds. The molecule has 0 heterocycles. The van der Waals surface area contributed by atoms with Crippen LogP contribution in [0.1, 0.15) is 36.2 Å². The summed E-state index contributed by atoms with van der Waals surface area (Å²) in [6, 6.07) is 5.22. The number of ether oxygens (including phenoxy) is 2. The van der Waals surface area contributed by atoms with E-state index in [2.05, 4.69) is 0 Å². The van der Waals surface area contributed by atoms with Crippen LogP contribution in [-0.2, 0) is 15.7 Å². The molecule has 0 aliphatic carbocycles. The molecular weight excluding hydrogens is 447 g/mol. The summed E-state index contributed by atoms with van der Waals surface area (Å²) >= 11 is 5.82. The molecule has 1 atom stereocenters. The van der Waals surface area contributed by atoms with Crippen LogP contribution < -0.4 is 4.74 Å². The molecule has 2 aromatic carbocycles. The Hall–Kier alpha value is -3.34. The third kappa shape index (κ3) is 5.43. The molecule has 2 aromatic rings. The topological polar surface area (TPSA) is 116 Å². The van der Waals surface area contributed by atoms with Gasteiger partial charge < -0.3 is 14.6 Å². The maximum Gasteiger partial charge on any atom is 0.416 e. The van der Waals surface area contributed by atoms with Gasteiger partial charge in [0.05, 0.1) is 15.5 Å². The molecule has 0 aliphatic heterocycles.